The highest BCUT2D eigenvalue weighted by Crippen LogP contribution is 2.23. The molecule has 0 aliphatic carbocycles. The van der Waals surface area contributed by atoms with E-state index in [2.05, 4.69) is 30.1 Å². The van der Waals surface area contributed by atoms with Crippen LogP contribution in [0.4, 0.5) is 5.69 Å². The van der Waals surface area contributed by atoms with E-state index in [1.54, 1.807) is 0 Å². The van der Waals surface area contributed by atoms with Crippen molar-refractivity contribution in [1.29, 1.82) is 0 Å². The van der Waals surface area contributed by atoms with Gasteiger partial charge in [0.2, 0.25) is 5.91 Å². The summed E-state index contributed by atoms with van der Waals surface area (Å²) in [6, 6.07) is 11.7. The fourth-order valence-corrected chi connectivity index (χ4v) is 3.86. The van der Waals surface area contributed by atoms with Crippen molar-refractivity contribution in [2.75, 3.05) is 38.0 Å². The van der Waals surface area contributed by atoms with Crippen LogP contribution in [-0.4, -0.2) is 54.3 Å². The van der Waals surface area contributed by atoms with E-state index in [9.17, 15) is 9.59 Å². The number of anilines is 1. The average molecular weight is 372 g/mol. The Labute approximate surface area is 158 Å². The molecule has 0 bridgehead atoms. The molecule has 138 valence electrons. The van der Waals surface area contributed by atoms with Crippen LogP contribution in [0.5, 0.6) is 0 Å². The molecule has 1 aromatic heterocycles. The van der Waals surface area contributed by atoms with Gasteiger partial charge in [0.15, 0.2) is 0 Å². The third kappa shape index (κ3) is 4.51. The third-order valence-electron chi connectivity index (χ3n) is 4.62. The van der Waals surface area contributed by atoms with Gasteiger partial charge in [0.25, 0.3) is 5.91 Å². The quantitative estimate of drug-likeness (QED) is 0.878. The molecule has 26 heavy (non-hydrogen) atoms. The summed E-state index contributed by atoms with van der Waals surface area (Å²) in [5, 5.41) is 4.96. The average Bonchev–Trinajstić information content (AvgIpc) is 3.16. The number of piperazine rings is 1. The van der Waals surface area contributed by atoms with Crippen LogP contribution in [0, 0.1) is 0 Å². The Bertz CT molecular complexity index is 750. The Morgan fingerprint density at radius 1 is 1.08 bits per heavy atom. The van der Waals surface area contributed by atoms with E-state index >= 15 is 0 Å². The van der Waals surface area contributed by atoms with E-state index in [1.807, 2.05) is 40.6 Å². The van der Waals surface area contributed by atoms with E-state index in [0.717, 1.165) is 29.2 Å². The van der Waals surface area contributed by atoms with Crippen molar-refractivity contribution in [3.8, 4) is 0 Å². The second kappa shape index (κ2) is 8.47. The van der Waals surface area contributed by atoms with Crippen LogP contribution in [0.1, 0.15) is 35.0 Å². The fourth-order valence-electron chi connectivity index (χ4n) is 3.17. The number of nitrogens with one attached hydrogen (secondary N) is 1. The SMILES string of the molecule is CC(C)c1ccccc1NC(=O)CN1CCN(C(=O)c2cccs2)CC1. The molecule has 2 aromatic rings. The van der Waals surface area contributed by atoms with Gasteiger partial charge in [-0.15, -0.1) is 11.3 Å². The van der Waals surface area contributed by atoms with Crippen molar-refractivity contribution in [3.05, 3.63) is 52.2 Å². The topological polar surface area (TPSA) is 52.7 Å². The molecule has 1 aliphatic heterocycles. The minimum atomic E-state index is -0.00358. The van der Waals surface area contributed by atoms with Crippen LogP contribution in [0.25, 0.3) is 0 Å². The summed E-state index contributed by atoms with van der Waals surface area (Å²) in [7, 11) is 0. The molecule has 1 aromatic carbocycles. The van der Waals surface area contributed by atoms with Gasteiger partial charge < -0.3 is 10.2 Å². The standard InChI is InChI=1S/C20H25N3O2S/c1-15(2)16-6-3-4-7-17(16)21-19(24)14-22-9-11-23(12-10-22)20(25)18-8-5-13-26-18/h3-8,13,15H,9-12,14H2,1-2H3,(H,21,24). The van der Waals surface area contributed by atoms with Crippen molar-refractivity contribution in [2.24, 2.45) is 0 Å². The van der Waals surface area contributed by atoms with Gasteiger partial charge in [0, 0.05) is 31.9 Å². The maximum Gasteiger partial charge on any atom is 0.264 e. The second-order valence-corrected chi connectivity index (χ2v) is 7.78. The zero-order chi connectivity index (χ0) is 18.5. The molecular weight excluding hydrogens is 346 g/mol. The summed E-state index contributed by atoms with van der Waals surface area (Å²) < 4.78 is 0. The summed E-state index contributed by atoms with van der Waals surface area (Å²) in [5.41, 5.74) is 2.03. The summed E-state index contributed by atoms with van der Waals surface area (Å²) in [6.07, 6.45) is 0. The predicted octanol–water partition coefficient (Wildman–Crippen LogP) is 3.27. The molecule has 0 spiro atoms. The normalized spacial score (nSPS) is 15.3. The number of rotatable bonds is 5. The predicted molar refractivity (Wildman–Crippen MR) is 106 cm³/mol. The largest absolute Gasteiger partial charge is 0.335 e. The molecule has 2 heterocycles. The Hall–Kier alpha value is -2.18. The number of amides is 2. The Morgan fingerprint density at radius 2 is 1.81 bits per heavy atom. The molecule has 5 nitrogen and oxygen atoms in total. The summed E-state index contributed by atoms with van der Waals surface area (Å²) in [5.74, 6) is 0.449. The number of hydrogen-bond donors (Lipinski definition) is 1. The molecule has 2 amide bonds. The molecule has 0 radical (unpaired) electrons. The first-order valence-electron chi connectivity index (χ1n) is 8.98. The van der Waals surface area contributed by atoms with Crippen LogP contribution in [0.3, 0.4) is 0 Å². The monoisotopic (exact) mass is 371 g/mol. The number of hydrogen-bond acceptors (Lipinski definition) is 4. The lowest BCUT2D eigenvalue weighted by Gasteiger charge is -2.34. The molecule has 0 unspecified atom stereocenters. The first-order valence-corrected chi connectivity index (χ1v) is 9.86. The maximum atomic E-state index is 12.4. The van der Waals surface area contributed by atoms with Crippen molar-refractivity contribution in [3.63, 3.8) is 0 Å². The first kappa shape index (κ1) is 18.6. The van der Waals surface area contributed by atoms with Gasteiger partial charge in [-0.3, -0.25) is 14.5 Å². The number of carbonyl (C=O) groups excluding carboxylic acids is 2. The van der Waals surface area contributed by atoms with Gasteiger partial charge in [0.1, 0.15) is 0 Å². The fraction of sp³-hybridized carbons (Fsp3) is 0.400. The maximum absolute atomic E-state index is 12.4. The van der Waals surface area contributed by atoms with E-state index < -0.39 is 0 Å². The van der Waals surface area contributed by atoms with Crippen molar-refractivity contribution < 1.29 is 9.59 Å². The van der Waals surface area contributed by atoms with E-state index in [4.69, 9.17) is 0 Å². The minimum Gasteiger partial charge on any atom is -0.335 e. The molecular formula is C20H25N3O2S. The number of carbonyl (C=O) groups is 2. The van der Waals surface area contributed by atoms with Crippen molar-refractivity contribution >= 4 is 28.8 Å². The van der Waals surface area contributed by atoms with Crippen molar-refractivity contribution in [1.82, 2.24) is 9.80 Å². The zero-order valence-electron chi connectivity index (χ0n) is 15.3. The van der Waals surface area contributed by atoms with Crippen LogP contribution in [-0.2, 0) is 4.79 Å². The molecule has 1 N–H and O–H groups in total. The van der Waals surface area contributed by atoms with Crippen LogP contribution < -0.4 is 5.32 Å². The minimum absolute atomic E-state index is 0.00358. The summed E-state index contributed by atoms with van der Waals surface area (Å²) in [6.45, 7) is 7.35. The van der Waals surface area contributed by atoms with Gasteiger partial charge >= 0.3 is 0 Å². The Morgan fingerprint density at radius 3 is 2.46 bits per heavy atom. The van der Waals surface area contributed by atoms with E-state index in [-0.39, 0.29) is 11.8 Å². The zero-order valence-corrected chi connectivity index (χ0v) is 16.1. The van der Waals surface area contributed by atoms with Crippen LogP contribution in [0.15, 0.2) is 41.8 Å². The molecule has 1 fully saturated rings. The van der Waals surface area contributed by atoms with Gasteiger partial charge in [-0.25, -0.2) is 0 Å². The Kier molecular flexibility index (Phi) is 6.06. The van der Waals surface area contributed by atoms with Crippen molar-refractivity contribution in [2.45, 2.75) is 19.8 Å². The smallest absolute Gasteiger partial charge is 0.264 e. The van der Waals surface area contributed by atoms with Crippen LogP contribution in [0.2, 0.25) is 0 Å². The number of para-hydroxylation sites is 1. The highest BCUT2D eigenvalue weighted by Gasteiger charge is 2.24. The lowest BCUT2D eigenvalue weighted by Crippen LogP contribution is -2.50. The second-order valence-electron chi connectivity index (χ2n) is 6.84. The molecule has 1 saturated heterocycles. The Balaban J connectivity index is 1.50. The van der Waals surface area contributed by atoms with Gasteiger partial charge in [-0.05, 0) is 29.0 Å². The summed E-state index contributed by atoms with van der Waals surface area (Å²) >= 11 is 1.47. The molecule has 0 atom stereocenters. The number of nitrogens with zero attached hydrogens (tertiary/aromatic N) is 2. The van der Waals surface area contributed by atoms with E-state index in [0.29, 0.717) is 25.6 Å². The third-order valence-corrected chi connectivity index (χ3v) is 5.47. The van der Waals surface area contributed by atoms with E-state index in [1.165, 1.54) is 11.3 Å². The molecule has 6 heteroatoms. The van der Waals surface area contributed by atoms with Gasteiger partial charge in [-0.2, -0.15) is 0 Å². The van der Waals surface area contributed by atoms with Gasteiger partial charge in [0.05, 0.1) is 11.4 Å². The molecule has 0 saturated carbocycles. The highest BCUT2D eigenvalue weighted by atomic mass is 32.1. The molecule has 3 rings (SSSR count). The lowest BCUT2D eigenvalue weighted by atomic mass is 10.0. The number of benzene rings is 1. The first-order chi connectivity index (χ1) is 12.5. The summed E-state index contributed by atoms with van der Waals surface area (Å²) in [4.78, 5) is 29.5. The molecule has 1 aliphatic rings. The lowest BCUT2D eigenvalue weighted by molar-refractivity contribution is -0.117. The number of thiophene rings is 1. The highest BCUT2D eigenvalue weighted by molar-refractivity contribution is 7.12. The van der Waals surface area contributed by atoms with Crippen LogP contribution >= 0.6 is 11.3 Å². The van der Waals surface area contributed by atoms with Gasteiger partial charge in [-0.1, -0.05) is 38.1 Å².